The Morgan fingerprint density at radius 2 is 1.93 bits per heavy atom. The van der Waals surface area contributed by atoms with Crippen molar-refractivity contribution in [3.8, 4) is 5.75 Å². The molecule has 2 aromatic rings. The van der Waals surface area contributed by atoms with Crippen LogP contribution in [0.5, 0.6) is 5.75 Å². The average molecular weight is 378 g/mol. The number of anilines is 2. The van der Waals surface area contributed by atoms with Crippen LogP contribution >= 0.6 is 0 Å². The maximum Gasteiger partial charge on any atom is 0.229 e. The summed E-state index contributed by atoms with van der Waals surface area (Å²) < 4.78 is 45.3. The third-order valence-electron chi connectivity index (χ3n) is 4.41. The van der Waals surface area contributed by atoms with E-state index in [-0.39, 0.29) is 18.9 Å². The number of carbonyl (C=O) groups is 2. The molecule has 0 saturated carbocycles. The van der Waals surface area contributed by atoms with E-state index in [0.717, 1.165) is 17.7 Å². The summed E-state index contributed by atoms with van der Waals surface area (Å²) in [6.07, 6.45) is -0.0891. The largest absolute Gasteiger partial charge is 0.495 e. The van der Waals surface area contributed by atoms with Crippen LogP contribution < -0.4 is 15.0 Å². The maximum absolute atomic E-state index is 13.7. The lowest BCUT2D eigenvalue weighted by Gasteiger charge is -2.20. The first kappa shape index (κ1) is 18.8. The van der Waals surface area contributed by atoms with Gasteiger partial charge in [0.15, 0.2) is 17.5 Å². The van der Waals surface area contributed by atoms with Gasteiger partial charge >= 0.3 is 0 Å². The number of benzene rings is 2. The molecule has 2 amide bonds. The Hall–Kier alpha value is -3.03. The summed E-state index contributed by atoms with van der Waals surface area (Å²) in [6, 6.07) is 6.98. The molecular formula is C19H17F3N2O3. The van der Waals surface area contributed by atoms with Crippen molar-refractivity contribution in [1.29, 1.82) is 0 Å². The Bertz CT molecular complexity index is 917. The molecule has 1 atom stereocenters. The Morgan fingerprint density at radius 3 is 2.63 bits per heavy atom. The van der Waals surface area contributed by atoms with Crippen LogP contribution in [-0.2, 0) is 9.59 Å². The van der Waals surface area contributed by atoms with E-state index in [0.29, 0.717) is 11.4 Å². The van der Waals surface area contributed by atoms with Crippen molar-refractivity contribution in [2.24, 2.45) is 5.92 Å². The van der Waals surface area contributed by atoms with Gasteiger partial charge in [-0.25, -0.2) is 13.2 Å². The highest BCUT2D eigenvalue weighted by atomic mass is 19.2. The van der Waals surface area contributed by atoms with E-state index in [2.05, 4.69) is 5.32 Å². The first-order valence-corrected chi connectivity index (χ1v) is 8.21. The molecule has 5 nitrogen and oxygen atoms in total. The highest BCUT2D eigenvalue weighted by Crippen LogP contribution is 2.34. The third kappa shape index (κ3) is 3.60. The summed E-state index contributed by atoms with van der Waals surface area (Å²) in [5, 5.41) is 2.22. The minimum Gasteiger partial charge on any atom is -0.495 e. The summed E-state index contributed by atoms with van der Waals surface area (Å²) >= 11 is 0. The number of amides is 2. The molecule has 1 heterocycles. The molecule has 1 fully saturated rings. The standard InChI is InChI=1S/C19H17F3N2O3/c1-10-3-6-15(27-2)14(7-10)24-9-11(8-16(24)25)19(26)23-13-5-4-12(20)17(21)18(13)22/h3-7,11H,8-9H2,1-2H3,(H,23,26)/t11-/m1/s1. The van der Waals surface area contributed by atoms with E-state index in [1.807, 2.05) is 13.0 Å². The van der Waals surface area contributed by atoms with Crippen molar-refractivity contribution in [2.75, 3.05) is 23.9 Å². The number of nitrogens with one attached hydrogen (secondary N) is 1. The molecule has 142 valence electrons. The molecule has 0 aromatic heterocycles. The van der Waals surface area contributed by atoms with Crippen LogP contribution in [0, 0.1) is 30.3 Å². The van der Waals surface area contributed by atoms with Crippen molar-refractivity contribution < 1.29 is 27.5 Å². The van der Waals surface area contributed by atoms with Crippen LogP contribution in [0.15, 0.2) is 30.3 Å². The Kier molecular flexibility index (Phi) is 5.07. The van der Waals surface area contributed by atoms with Gasteiger partial charge in [0.1, 0.15) is 5.75 Å². The van der Waals surface area contributed by atoms with Crippen molar-refractivity contribution in [3.05, 3.63) is 53.3 Å². The van der Waals surface area contributed by atoms with E-state index < -0.39 is 35.0 Å². The van der Waals surface area contributed by atoms with E-state index >= 15 is 0 Å². The molecule has 1 aliphatic rings. The molecule has 0 unspecified atom stereocenters. The van der Waals surface area contributed by atoms with E-state index in [1.54, 1.807) is 12.1 Å². The van der Waals surface area contributed by atoms with Gasteiger partial charge in [0.2, 0.25) is 11.8 Å². The summed E-state index contributed by atoms with van der Waals surface area (Å²) in [7, 11) is 1.48. The van der Waals surface area contributed by atoms with E-state index in [9.17, 15) is 22.8 Å². The fourth-order valence-corrected chi connectivity index (χ4v) is 2.98. The van der Waals surface area contributed by atoms with Crippen LogP contribution in [0.4, 0.5) is 24.5 Å². The van der Waals surface area contributed by atoms with Gasteiger partial charge in [0.05, 0.1) is 24.4 Å². The molecule has 1 N–H and O–H groups in total. The van der Waals surface area contributed by atoms with Crippen molar-refractivity contribution in [1.82, 2.24) is 0 Å². The Morgan fingerprint density at radius 1 is 1.19 bits per heavy atom. The predicted octanol–water partition coefficient (Wildman–Crippen LogP) is 3.41. The normalized spacial score (nSPS) is 16.6. The Balaban J connectivity index is 1.79. The van der Waals surface area contributed by atoms with Crippen LogP contribution in [0.2, 0.25) is 0 Å². The number of hydrogen-bond acceptors (Lipinski definition) is 3. The fourth-order valence-electron chi connectivity index (χ4n) is 2.98. The number of halogens is 3. The van der Waals surface area contributed by atoms with Crippen LogP contribution in [0.25, 0.3) is 0 Å². The number of aryl methyl sites for hydroxylation is 1. The fraction of sp³-hybridized carbons (Fsp3) is 0.263. The molecule has 0 radical (unpaired) electrons. The first-order chi connectivity index (χ1) is 12.8. The smallest absolute Gasteiger partial charge is 0.229 e. The minimum absolute atomic E-state index is 0.0653. The first-order valence-electron chi connectivity index (χ1n) is 8.21. The summed E-state index contributed by atoms with van der Waals surface area (Å²) in [6.45, 7) is 1.93. The highest BCUT2D eigenvalue weighted by Gasteiger charge is 2.36. The van der Waals surface area contributed by atoms with Crippen molar-refractivity contribution >= 4 is 23.2 Å². The number of nitrogens with zero attached hydrogens (tertiary/aromatic N) is 1. The molecule has 1 aliphatic heterocycles. The van der Waals surface area contributed by atoms with Gasteiger partial charge in [-0.2, -0.15) is 0 Å². The van der Waals surface area contributed by atoms with Gasteiger partial charge in [0.25, 0.3) is 0 Å². The van der Waals surface area contributed by atoms with Crippen molar-refractivity contribution in [2.45, 2.75) is 13.3 Å². The Labute approximate surface area is 153 Å². The third-order valence-corrected chi connectivity index (χ3v) is 4.41. The highest BCUT2D eigenvalue weighted by molar-refractivity contribution is 6.04. The number of carbonyl (C=O) groups excluding carboxylic acids is 2. The lowest BCUT2D eigenvalue weighted by Crippen LogP contribution is -2.28. The zero-order valence-corrected chi connectivity index (χ0v) is 14.7. The molecule has 0 aliphatic carbocycles. The zero-order valence-electron chi connectivity index (χ0n) is 14.7. The molecule has 1 saturated heterocycles. The maximum atomic E-state index is 13.7. The van der Waals surface area contributed by atoms with Crippen LogP contribution in [-0.4, -0.2) is 25.5 Å². The lowest BCUT2D eigenvalue weighted by atomic mass is 10.1. The molecule has 27 heavy (non-hydrogen) atoms. The molecular weight excluding hydrogens is 361 g/mol. The molecule has 3 rings (SSSR count). The van der Waals surface area contributed by atoms with Crippen LogP contribution in [0.3, 0.4) is 0 Å². The van der Waals surface area contributed by atoms with E-state index in [1.165, 1.54) is 12.0 Å². The SMILES string of the molecule is COc1ccc(C)cc1N1C[C@H](C(=O)Nc2ccc(F)c(F)c2F)CC1=O. The second-order valence-corrected chi connectivity index (χ2v) is 6.29. The van der Waals surface area contributed by atoms with E-state index in [4.69, 9.17) is 4.74 Å². The van der Waals surface area contributed by atoms with Crippen molar-refractivity contribution in [3.63, 3.8) is 0 Å². The zero-order chi connectivity index (χ0) is 19.7. The van der Waals surface area contributed by atoms with Gasteiger partial charge in [0, 0.05) is 13.0 Å². The second kappa shape index (κ2) is 7.30. The van der Waals surface area contributed by atoms with Gasteiger partial charge in [-0.3, -0.25) is 9.59 Å². The number of rotatable bonds is 4. The quantitative estimate of drug-likeness (QED) is 0.830. The lowest BCUT2D eigenvalue weighted by molar-refractivity contribution is -0.122. The molecule has 2 aromatic carbocycles. The van der Waals surface area contributed by atoms with Gasteiger partial charge < -0.3 is 15.0 Å². The number of methoxy groups -OCH3 is 1. The average Bonchev–Trinajstić information content (AvgIpc) is 3.04. The van der Waals surface area contributed by atoms with Gasteiger partial charge in [-0.1, -0.05) is 6.07 Å². The summed E-state index contributed by atoms with van der Waals surface area (Å²) in [5.41, 5.74) is 0.977. The molecule has 0 bridgehead atoms. The second-order valence-electron chi connectivity index (χ2n) is 6.29. The topological polar surface area (TPSA) is 58.6 Å². The number of ether oxygens (including phenoxy) is 1. The predicted molar refractivity (Wildman–Crippen MR) is 93.1 cm³/mol. The molecule has 8 heteroatoms. The van der Waals surface area contributed by atoms with Gasteiger partial charge in [-0.05, 0) is 36.8 Å². The van der Waals surface area contributed by atoms with Crippen LogP contribution in [0.1, 0.15) is 12.0 Å². The van der Waals surface area contributed by atoms with Gasteiger partial charge in [-0.15, -0.1) is 0 Å². The molecule has 0 spiro atoms. The monoisotopic (exact) mass is 378 g/mol. The summed E-state index contributed by atoms with van der Waals surface area (Å²) in [4.78, 5) is 26.2. The number of hydrogen-bond donors (Lipinski definition) is 1. The summed E-state index contributed by atoms with van der Waals surface area (Å²) in [5.74, 6) is -5.71. The minimum atomic E-state index is -1.67.